The average Bonchev–Trinajstić information content (AvgIpc) is 3.30. The molecule has 0 bridgehead atoms. The number of benzene rings is 2. The number of aliphatic hydroxyl groups excluding tert-OH is 1. The van der Waals surface area contributed by atoms with Gasteiger partial charge in [0.1, 0.15) is 17.2 Å². The molecule has 0 aliphatic carbocycles. The normalized spacial score (nSPS) is 14.9. The molecule has 0 spiro atoms. The summed E-state index contributed by atoms with van der Waals surface area (Å²) in [5, 5.41) is 14.4. The summed E-state index contributed by atoms with van der Waals surface area (Å²) in [7, 11) is 1.62. The Morgan fingerprint density at radius 1 is 1.18 bits per heavy atom. The predicted octanol–water partition coefficient (Wildman–Crippen LogP) is 3.97. The molecule has 10 heteroatoms. The molecule has 6 rings (SSSR count). The number of carbonyl (C=O) groups is 1. The first kappa shape index (κ1) is 25.1. The lowest BCUT2D eigenvalue weighted by atomic mass is 10.0. The number of ether oxygens (including phenoxy) is 1. The van der Waals surface area contributed by atoms with Gasteiger partial charge in [0.2, 0.25) is 5.82 Å². The molecule has 4 heterocycles. The fraction of sp³-hybridized carbons (Fsp3) is 0.310. The van der Waals surface area contributed by atoms with Crippen molar-refractivity contribution in [3.8, 4) is 17.0 Å². The summed E-state index contributed by atoms with van der Waals surface area (Å²) < 4.78 is 19.9. The minimum Gasteiger partial charge on any atom is -0.496 e. The molecule has 2 aromatic carbocycles. The lowest BCUT2D eigenvalue weighted by Gasteiger charge is -2.31. The maximum atomic E-state index is 14.4. The van der Waals surface area contributed by atoms with Crippen molar-refractivity contribution >= 4 is 38.7 Å². The van der Waals surface area contributed by atoms with Crippen LogP contribution in [-0.4, -0.2) is 75.2 Å². The van der Waals surface area contributed by atoms with Crippen LogP contribution in [-0.2, 0) is 0 Å². The fourth-order valence-corrected chi connectivity index (χ4v) is 5.47. The Morgan fingerprint density at radius 3 is 2.77 bits per heavy atom. The third kappa shape index (κ3) is 4.66. The Kier molecular flexibility index (Phi) is 6.58. The number of fused-ring (bicyclic) bond motifs is 4. The van der Waals surface area contributed by atoms with E-state index in [9.17, 15) is 14.3 Å². The highest BCUT2D eigenvalue weighted by molar-refractivity contribution is 6.15. The second-order valence-electron chi connectivity index (χ2n) is 9.94. The second kappa shape index (κ2) is 10.2. The van der Waals surface area contributed by atoms with Crippen LogP contribution in [0.2, 0.25) is 0 Å². The summed E-state index contributed by atoms with van der Waals surface area (Å²) in [6.45, 7) is 4.31. The minimum absolute atomic E-state index is 0.0133. The Balaban J connectivity index is 1.49. The molecular formula is C29H29FN6O3. The molecular weight excluding hydrogens is 499 g/mol. The number of pyridine rings is 1. The van der Waals surface area contributed by atoms with E-state index in [1.165, 1.54) is 12.1 Å². The number of methoxy groups -OCH3 is 1. The van der Waals surface area contributed by atoms with E-state index in [0.717, 1.165) is 42.4 Å². The average molecular weight is 529 g/mol. The number of β-amino-alcohol motifs (C(OH)–C–C–N with tert-alkyl or cyclic N) is 1. The Labute approximate surface area is 224 Å². The molecule has 0 radical (unpaired) electrons. The SMILES string of the molecule is COc1cc2c(cc1C)[nH]c1nc(C(=O)NC3CCN(CCO)CC3)nc(-c3ccnc4ccc(F)cc34)c12. The van der Waals surface area contributed by atoms with Crippen LogP contribution in [0.1, 0.15) is 29.0 Å². The zero-order valence-electron chi connectivity index (χ0n) is 21.8. The Hall–Kier alpha value is -4.15. The number of aryl methyl sites for hydroxylation is 1. The van der Waals surface area contributed by atoms with Gasteiger partial charge in [-0.25, -0.2) is 14.4 Å². The number of piperidine rings is 1. The first-order chi connectivity index (χ1) is 18.9. The number of nitrogens with one attached hydrogen (secondary N) is 2. The third-order valence-electron chi connectivity index (χ3n) is 7.47. The number of halogens is 1. The number of aliphatic hydroxyl groups is 1. The van der Waals surface area contributed by atoms with Crippen LogP contribution in [0.5, 0.6) is 5.75 Å². The number of H-pyrrole nitrogens is 1. The van der Waals surface area contributed by atoms with Crippen molar-refractivity contribution < 1.29 is 19.0 Å². The quantitative estimate of drug-likeness (QED) is 0.305. The monoisotopic (exact) mass is 528 g/mol. The highest BCUT2D eigenvalue weighted by atomic mass is 19.1. The van der Waals surface area contributed by atoms with E-state index in [1.54, 1.807) is 25.4 Å². The van der Waals surface area contributed by atoms with E-state index in [0.29, 0.717) is 45.5 Å². The van der Waals surface area contributed by atoms with Gasteiger partial charge in [-0.3, -0.25) is 9.78 Å². The molecule has 1 fully saturated rings. The molecule has 1 saturated heterocycles. The summed E-state index contributed by atoms with van der Waals surface area (Å²) in [5.41, 5.74) is 4.07. The number of nitrogens with zero attached hydrogens (tertiary/aromatic N) is 4. The van der Waals surface area contributed by atoms with E-state index in [1.807, 2.05) is 19.1 Å². The smallest absolute Gasteiger partial charge is 0.289 e. The molecule has 1 aliphatic heterocycles. The first-order valence-corrected chi connectivity index (χ1v) is 13.0. The van der Waals surface area contributed by atoms with Crippen molar-refractivity contribution in [2.24, 2.45) is 0 Å². The van der Waals surface area contributed by atoms with Crippen LogP contribution in [0.4, 0.5) is 4.39 Å². The Morgan fingerprint density at radius 2 is 2.00 bits per heavy atom. The number of aromatic nitrogens is 4. The van der Waals surface area contributed by atoms with E-state index in [-0.39, 0.29) is 30.2 Å². The second-order valence-corrected chi connectivity index (χ2v) is 9.94. The van der Waals surface area contributed by atoms with Crippen molar-refractivity contribution in [2.45, 2.75) is 25.8 Å². The highest BCUT2D eigenvalue weighted by Gasteiger charge is 2.25. The lowest BCUT2D eigenvalue weighted by Crippen LogP contribution is -2.45. The number of aromatic amines is 1. The number of hydrogen-bond donors (Lipinski definition) is 3. The van der Waals surface area contributed by atoms with Crippen LogP contribution < -0.4 is 10.1 Å². The minimum atomic E-state index is -0.385. The van der Waals surface area contributed by atoms with Gasteiger partial charge in [0.25, 0.3) is 5.91 Å². The zero-order chi connectivity index (χ0) is 27.1. The van der Waals surface area contributed by atoms with Crippen molar-refractivity contribution in [3.05, 3.63) is 59.8 Å². The molecule has 0 atom stereocenters. The lowest BCUT2D eigenvalue weighted by molar-refractivity contribution is 0.0893. The van der Waals surface area contributed by atoms with Gasteiger partial charge in [0.05, 0.1) is 30.3 Å². The third-order valence-corrected chi connectivity index (χ3v) is 7.47. The largest absolute Gasteiger partial charge is 0.496 e. The molecule has 5 aromatic rings. The van der Waals surface area contributed by atoms with Crippen molar-refractivity contribution in [1.29, 1.82) is 0 Å². The maximum absolute atomic E-state index is 14.4. The van der Waals surface area contributed by atoms with Crippen LogP contribution in [0.3, 0.4) is 0 Å². The maximum Gasteiger partial charge on any atom is 0.289 e. The number of carbonyl (C=O) groups excluding carboxylic acids is 1. The zero-order valence-corrected chi connectivity index (χ0v) is 21.8. The van der Waals surface area contributed by atoms with Gasteiger partial charge in [-0.1, -0.05) is 0 Å². The first-order valence-electron chi connectivity index (χ1n) is 13.0. The van der Waals surface area contributed by atoms with E-state index < -0.39 is 0 Å². The van der Waals surface area contributed by atoms with Gasteiger partial charge >= 0.3 is 0 Å². The van der Waals surface area contributed by atoms with Gasteiger partial charge < -0.3 is 25.0 Å². The number of likely N-dealkylation sites (tertiary alicyclic amines) is 1. The van der Waals surface area contributed by atoms with Crippen LogP contribution in [0.15, 0.2) is 42.6 Å². The van der Waals surface area contributed by atoms with Gasteiger partial charge in [0, 0.05) is 53.7 Å². The number of hydrogen-bond acceptors (Lipinski definition) is 7. The van der Waals surface area contributed by atoms with Gasteiger partial charge in [-0.2, -0.15) is 0 Å². The molecule has 1 amide bonds. The molecule has 0 saturated carbocycles. The van der Waals surface area contributed by atoms with Crippen LogP contribution in [0.25, 0.3) is 44.1 Å². The molecule has 200 valence electrons. The molecule has 9 nitrogen and oxygen atoms in total. The van der Waals surface area contributed by atoms with Gasteiger partial charge in [0.15, 0.2) is 0 Å². The van der Waals surface area contributed by atoms with Gasteiger partial charge in [-0.15, -0.1) is 0 Å². The van der Waals surface area contributed by atoms with Crippen molar-refractivity contribution in [3.63, 3.8) is 0 Å². The molecule has 39 heavy (non-hydrogen) atoms. The summed E-state index contributed by atoms with van der Waals surface area (Å²) in [4.78, 5) is 32.8. The Bertz CT molecular complexity index is 1710. The van der Waals surface area contributed by atoms with Crippen LogP contribution in [0, 0.1) is 12.7 Å². The summed E-state index contributed by atoms with van der Waals surface area (Å²) >= 11 is 0. The molecule has 3 aromatic heterocycles. The van der Waals surface area contributed by atoms with E-state index in [4.69, 9.17) is 9.72 Å². The topological polar surface area (TPSA) is 116 Å². The van der Waals surface area contributed by atoms with E-state index in [2.05, 4.69) is 25.2 Å². The van der Waals surface area contributed by atoms with Crippen molar-refractivity contribution in [1.82, 2.24) is 30.2 Å². The predicted molar refractivity (Wildman–Crippen MR) is 147 cm³/mol. The summed E-state index contributed by atoms with van der Waals surface area (Å²) in [6, 6.07) is 10.1. The molecule has 3 N–H and O–H groups in total. The fourth-order valence-electron chi connectivity index (χ4n) is 5.47. The summed E-state index contributed by atoms with van der Waals surface area (Å²) in [5.74, 6) is 0.000678. The highest BCUT2D eigenvalue weighted by Crippen LogP contribution is 2.38. The van der Waals surface area contributed by atoms with Crippen molar-refractivity contribution in [2.75, 3.05) is 33.4 Å². The van der Waals surface area contributed by atoms with E-state index >= 15 is 0 Å². The van der Waals surface area contributed by atoms with Gasteiger partial charge in [-0.05, 0) is 61.7 Å². The standard InChI is InChI=1S/C29H29FN6O3/c1-16-13-23-21(15-24(16)39-2)25-26(19-5-8-31-22-4-3-17(30)14-20(19)22)34-28(35-27(25)33-23)29(38)32-18-6-9-36(10-7-18)11-12-37/h3-5,8,13-15,18,37H,6-7,9-12H2,1-2H3,(H,32,38)(H,33,34,35). The molecule has 0 unspecified atom stereocenters. The number of amides is 1. The molecule has 1 aliphatic rings. The van der Waals surface area contributed by atoms with Crippen LogP contribution >= 0.6 is 0 Å². The number of rotatable bonds is 6. The summed E-state index contributed by atoms with van der Waals surface area (Å²) in [6.07, 6.45) is 3.21.